The first-order chi connectivity index (χ1) is 11.6. The minimum Gasteiger partial charge on any atom is -0.491 e. The average molecular weight is 331 g/mol. The molecule has 0 spiro atoms. The summed E-state index contributed by atoms with van der Waals surface area (Å²) in [6.45, 7) is 2.45. The molecule has 0 aliphatic heterocycles. The highest BCUT2D eigenvalue weighted by Gasteiger charge is 2.12. The van der Waals surface area contributed by atoms with Gasteiger partial charge in [0.15, 0.2) is 0 Å². The molecule has 24 heavy (non-hydrogen) atoms. The van der Waals surface area contributed by atoms with E-state index in [1.54, 1.807) is 18.2 Å². The lowest BCUT2D eigenvalue weighted by molar-refractivity contribution is -0.121. The summed E-state index contributed by atoms with van der Waals surface area (Å²) in [4.78, 5) is 12.1. The number of halogens is 1. The second kappa shape index (κ2) is 9.03. The fourth-order valence-corrected chi connectivity index (χ4v) is 2.40. The van der Waals surface area contributed by atoms with Crippen LogP contribution in [0, 0.1) is 5.82 Å². The molecule has 2 rings (SSSR count). The summed E-state index contributed by atoms with van der Waals surface area (Å²) in [5.74, 6) is 0.295. The second-order valence-electron chi connectivity index (χ2n) is 5.61. The highest BCUT2D eigenvalue weighted by molar-refractivity contribution is 5.76. The van der Waals surface area contributed by atoms with Gasteiger partial charge in [-0.25, -0.2) is 4.39 Å². The van der Waals surface area contributed by atoms with Crippen molar-refractivity contribution in [3.8, 4) is 5.75 Å². The summed E-state index contributed by atoms with van der Waals surface area (Å²) in [6.07, 6.45) is 0.325. The quantitative estimate of drug-likeness (QED) is 0.782. The van der Waals surface area contributed by atoms with Gasteiger partial charge in [0.25, 0.3) is 0 Å². The Balaban J connectivity index is 1.88. The maximum atomic E-state index is 12.9. The lowest BCUT2D eigenvalue weighted by Crippen LogP contribution is -2.24. The van der Waals surface area contributed by atoms with Crippen LogP contribution in [0.15, 0.2) is 48.5 Å². The van der Waals surface area contributed by atoms with E-state index in [1.165, 1.54) is 12.1 Å². The van der Waals surface area contributed by atoms with E-state index >= 15 is 0 Å². The number of hydrogen-bond acceptors (Lipinski definition) is 3. The molecule has 1 unspecified atom stereocenters. The second-order valence-corrected chi connectivity index (χ2v) is 5.61. The summed E-state index contributed by atoms with van der Waals surface area (Å²) in [5, 5.41) is 11.7. The molecule has 0 bridgehead atoms. The maximum Gasteiger partial charge on any atom is 0.220 e. The summed E-state index contributed by atoms with van der Waals surface area (Å²) < 4.78 is 18.4. The molecule has 0 aliphatic carbocycles. The van der Waals surface area contributed by atoms with Crippen molar-refractivity contribution in [3.05, 3.63) is 65.5 Å². The summed E-state index contributed by atoms with van der Waals surface area (Å²) in [6, 6.07) is 13.6. The van der Waals surface area contributed by atoms with E-state index in [0.717, 1.165) is 11.1 Å². The molecule has 2 aromatic rings. The molecule has 4 nitrogen and oxygen atoms in total. The Labute approximate surface area is 141 Å². The van der Waals surface area contributed by atoms with E-state index in [-0.39, 0.29) is 30.9 Å². The van der Waals surface area contributed by atoms with Crippen molar-refractivity contribution < 1.29 is 19.0 Å². The highest BCUT2D eigenvalue weighted by atomic mass is 19.1. The smallest absolute Gasteiger partial charge is 0.220 e. The van der Waals surface area contributed by atoms with Crippen LogP contribution < -0.4 is 10.1 Å². The molecule has 5 heteroatoms. The van der Waals surface area contributed by atoms with Crippen LogP contribution in [0.5, 0.6) is 5.75 Å². The predicted molar refractivity (Wildman–Crippen MR) is 90.3 cm³/mol. The topological polar surface area (TPSA) is 58.6 Å². The average Bonchev–Trinajstić information content (AvgIpc) is 2.59. The number of aliphatic hydroxyl groups excluding tert-OH is 1. The Kier molecular flexibility index (Phi) is 6.75. The SMILES string of the molecule is CC(CC(=O)NCc1ccccc1OCCO)c1ccc(F)cc1. The van der Waals surface area contributed by atoms with Crippen molar-refractivity contribution in [1.29, 1.82) is 0 Å². The highest BCUT2D eigenvalue weighted by Crippen LogP contribution is 2.20. The Morgan fingerprint density at radius 1 is 1.21 bits per heavy atom. The third kappa shape index (κ3) is 5.35. The van der Waals surface area contributed by atoms with E-state index in [1.807, 2.05) is 25.1 Å². The van der Waals surface area contributed by atoms with E-state index < -0.39 is 0 Å². The van der Waals surface area contributed by atoms with Crippen molar-refractivity contribution in [3.63, 3.8) is 0 Å². The number of hydrogen-bond donors (Lipinski definition) is 2. The van der Waals surface area contributed by atoms with Crippen molar-refractivity contribution in [2.45, 2.75) is 25.8 Å². The van der Waals surface area contributed by atoms with Gasteiger partial charge in [-0.3, -0.25) is 4.79 Å². The van der Waals surface area contributed by atoms with Crippen LogP contribution in [0.4, 0.5) is 4.39 Å². The van der Waals surface area contributed by atoms with Gasteiger partial charge in [-0.05, 0) is 29.7 Å². The van der Waals surface area contributed by atoms with Gasteiger partial charge in [0.05, 0.1) is 6.61 Å². The molecule has 2 aromatic carbocycles. The molecular formula is C19H22FNO3. The van der Waals surface area contributed by atoms with Crippen LogP contribution in [0.1, 0.15) is 30.4 Å². The van der Waals surface area contributed by atoms with Gasteiger partial charge in [-0.15, -0.1) is 0 Å². The number of rotatable bonds is 8. The molecule has 0 heterocycles. The van der Waals surface area contributed by atoms with E-state index in [9.17, 15) is 9.18 Å². The van der Waals surface area contributed by atoms with Crippen molar-refractivity contribution >= 4 is 5.91 Å². The number of amides is 1. The van der Waals surface area contributed by atoms with Gasteiger partial charge < -0.3 is 15.2 Å². The Morgan fingerprint density at radius 2 is 1.92 bits per heavy atom. The molecule has 128 valence electrons. The zero-order chi connectivity index (χ0) is 17.4. The lowest BCUT2D eigenvalue weighted by atomic mass is 9.97. The van der Waals surface area contributed by atoms with Crippen LogP contribution in [-0.2, 0) is 11.3 Å². The minimum atomic E-state index is -0.283. The number of benzene rings is 2. The summed E-state index contributed by atoms with van der Waals surface area (Å²) in [5.41, 5.74) is 1.78. The molecule has 2 N–H and O–H groups in total. The van der Waals surface area contributed by atoms with Crippen molar-refractivity contribution in [1.82, 2.24) is 5.32 Å². The Morgan fingerprint density at radius 3 is 2.62 bits per heavy atom. The van der Waals surface area contributed by atoms with Gasteiger partial charge in [0, 0.05) is 18.5 Å². The molecule has 1 amide bonds. The molecular weight excluding hydrogens is 309 g/mol. The largest absolute Gasteiger partial charge is 0.491 e. The molecule has 0 aliphatic rings. The number of carbonyl (C=O) groups is 1. The molecule has 0 radical (unpaired) electrons. The first-order valence-corrected chi connectivity index (χ1v) is 7.94. The van der Waals surface area contributed by atoms with E-state index in [2.05, 4.69) is 5.32 Å². The van der Waals surface area contributed by atoms with Gasteiger partial charge in [0.1, 0.15) is 18.2 Å². The molecule has 0 aromatic heterocycles. The molecule has 0 saturated carbocycles. The summed E-state index contributed by atoms with van der Waals surface area (Å²) in [7, 11) is 0. The maximum absolute atomic E-state index is 12.9. The van der Waals surface area contributed by atoms with E-state index in [0.29, 0.717) is 18.7 Å². The standard InChI is InChI=1S/C19H22FNO3/c1-14(15-6-8-17(20)9-7-15)12-19(23)21-13-16-4-2-3-5-18(16)24-11-10-22/h2-9,14,22H,10-13H2,1H3,(H,21,23). The zero-order valence-corrected chi connectivity index (χ0v) is 13.7. The van der Waals surface area contributed by atoms with Gasteiger partial charge in [-0.2, -0.15) is 0 Å². The fraction of sp³-hybridized carbons (Fsp3) is 0.316. The van der Waals surface area contributed by atoms with Crippen LogP contribution >= 0.6 is 0 Å². The first kappa shape index (κ1) is 17.9. The van der Waals surface area contributed by atoms with Gasteiger partial charge >= 0.3 is 0 Å². The third-order valence-corrected chi connectivity index (χ3v) is 3.73. The fourth-order valence-electron chi connectivity index (χ4n) is 2.40. The number of aliphatic hydroxyl groups is 1. The Hall–Kier alpha value is -2.40. The van der Waals surface area contributed by atoms with Crippen LogP contribution in [0.2, 0.25) is 0 Å². The lowest BCUT2D eigenvalue weighted by Gasteiger charge is -2.14. The monoisotopic (exact) mass is 331 g/mol. The third-order valence-electron chi connectivity index (χ3n) is 3.73. The van der Waals surface area contributed by atoms with Crippen LogP contribution in [0.3, 0.4) is 0 Å². The Bertz CT molecular complexity index is 658. The van der Waals surface area contributed by atoms with Crippen molar-refractivity contribution in [2.24, 2.45) is 0 Å². The molecule has 0 saturated heterocycles. The van der Waals surface area contributed by atoms with Crippen LogP contribution in [0.25, 0.3) is 0 Å². The van der Waals surface area contributed by atoms with E-state index in [4.69, 9.17) is 9.84 Å². The van der Waals surface area contributed by atoms with Crippen LogP contribution in [-0.4, -0.2) is 24.2 Å². The number of ether oxygens (including phenoxy) is 1. The van der Waals surface area contributed by atoms with Gasteiger partial charge in [0.2, 0.25) is 5.91 Å². The number of para-hydroxylation sites is 1. The van der Waals surface area contributed by atoms with Gasteiger partial charge in [-0.1, -0.05) is 37.3 Å². The van der Waals surface area contributed by atoms with Crippen molar-refractivity contribution in [2.75, 3.05) is 13.2 Å². The molecule has 0 fully saturated rings. The first-order valence-electron chi connectivity index (χ1n) is 7.94. The number of carbonyl (C=O) groups excluding carboxylic acids is 1. The minimum absolute atomic E-state index is 0.00600. The predicted octanol–water partition coefficient (Wildman–Crippen LogP) is 3.01. The zero-order valence-electron chi connectivity index (χ0n) is 13.7. The number of nitrogens with one attached hydrogen (secondary N) is 1. The molecule has 1 atom stereocenters. The normalized spacial score (nSPS) is 11.8. The summed E-state index contributed by atoms with van der Waals surface area (Å²) >= 11 is 0.